The fraction of sp³-hybridized carbons (Fsp3) is 0.0870. The van der Waals surface area contributed by atoms with Crippen molar-refractivity contribution in [1.29, 1.82) is 0 Å². The quantitative estimate of drug-likeness (QED) is 0.619. The topological polar surface area (TPSA) is 32.3 Å². The zero-order chi connectivity index (χ0) is 18.5. The van der Waals surface area contributed by atoms with Gasteiger partial charge in [0.1, 0.15) is 6.17 Å². The Morgan fingerprint density at radius 3 is 2.56 bits per heavy atom. The third kappa shape index (κ3) is 2.47. The summed E-state index contributed by atoms with van der Waals surface area (Å²) in [6.07, 6.45) is 1.94. The Morgan fingerprint density at radius 1 is 1.00 bits per heavy atom. The van der Waals surface area contributed by atoms with Crippen LogP contribution in [0.1, 0.15) is 38.8 Å². The molecule has 1 amide bonds. The van der Waals surface area contributed by atoms with Gasteiger partial charge in [-0.25, -0.2) is 0 Å². The predicted octanol–water partition coefficient (Wildman–Crippen LogP) is 5.41. The van der Waals surface area contributed by atoms with Crippen LogP contribution in [0.15, 0.2) is 66.7 Å². The summed E-state index contributed by atoms with van der Waals surface area (Å²) >= 11 is 6.24. The second kappa shape index (κ2) is 6.00. The molecule has 0 bridgehead atoms. The minimum absolute atomic E-state index is 0.0963. The van der Waals surface area contributed by atoms with Crippen molar-refractivity contribution >= 4 is 35.0 Å². The molecule has 0 spiro atoms. The summed E-state index contributed by atoms with van der Waals surface area (Å²) in [5.74, 6) is -0.0963. The van der Waals surface area contributed by atoms with E-state index < -0.39 is 0 Å². The summed E-state index contributed by atoms with van der Waals surface area (Å²) in [6.45, 7) is 2.00. The number of rotatable bonds is 1. The number of fused-ring (bicyclic) bond motifs is 5. The Morgan fingerprint density at radius 2 is 1.74 bits per heavy atom. The molecule has 2 aliphatic heterocycles. The van der Waals surface area contributed by atoms with Gasteiger partial charge >= 0.3 is 0 Å². The third-order valence-electron chi connectivity index (χ3n) is 5.19. The van der Waals surface area contributed by atoms with Crippen LogP contribution in [0.2, 0.25) is 5.02 Å². The number of hydrogen-bond acceptors (Lipinski definition) is 2. The molecule has 3 nitrogen and oxygen atoms in total. The second-order valence-electron chi connectivity index (χ2n) is 6.89. The number of hydrogen-bond donors (Lipinski definition) is 1. The Kier molecular flexibility index (Phi) is 3.59. The molecule has 0 radical (unpaired) electrons. The monoisotopic (exact) mass is 372 g/mol. The summed E-state index contributed by atoms with van der Waals surface area (Å²) < 4.78 is 0. The van der Waals surface area contributed by atoms with Gasteiger partial charge in [-0.1, -0.05) is 66.2 Å². The second-order valence-corrected chi connectivity index (χ2v) is 7.33. The van der Waals surface area contributed by atoms with Crippen molar-refractivity contribution in [3.05, 3.63) is 99.6 Å². The Labute approximate surface area is 162 Å². The van der Waals surface area contributed by atoms with E-state index in [4.69, 9.17) is 11.6 Å². The standard InChI is InChI=1S/C23H17ClN2O/c1-14-11-17(24)13-19-21(14)26-20(15-7-3-2-4-8-15)12-16-9-5-6-10-18(16)22(26)25-23(19)27/h2-13,22H,1H3,(H,25,27)/t22-/m0/s1. The summed E-state index contributed by atoms with van der Waals surface area (Å²) in [5, 5.41) is 3.74. The van der Waals surface area contributed by atoms with Crippen molar-refractivity contribution in [3.8, 4) is 0 Å². The predicted molar refractivity (Wildman–Crippen MR) is 110 cm³/mol. The highest BCUT2D eigenvalue weighted by Gasteiger charge is 2.38. The molecule has 5 rings (SSSR count). The van der Waals surface area contributed by atoms with Crippen LogP contribution < -0.4 is 10.2 Å². The molecule has 3 aromatic rings. The fourth-order valence-electron chi connectivity index (χ4n) is 4.04. The van der Waals surface area contributed by atoms with Crippen LogP contribution in [-0.4, -0.2) is 5.91 Å². The molecule has 1 atom stereocenters. The van der Waals surface area contributed by atoms with Crippen LogP contribution in [0, 0.1) is 6.92 Å². The summed E-state index contributed by atoms with van der Waals surface area (Å²) in [5.41, 5.74) is 6.88. The number of nitrogens with zero attached hydrogens (tertiary/aromatic N) is 1. The molecule has 0 aromatic heterocycles. The first-order chi connectivity index (χ1) is 13.1. The molecule has 3 aromatic carbocycles. The number of halogens is 1. The van der Waals surface area contributed by atoms with Gasteiger partial charge < -0.3 is 10.2 Å². The van der Waals surface area contributed by atoms with Crippen molar-refractivity contribution in [1.82, 2.24) is 5.32 Å². The maximum absolute atomic E-state index is 12.9. The van der Waals surface area contributed by atoms with Crippen LogP contribution in [-0.2, 0) is 0 Å². The summed E-state index contributed by atoms with van der Waals surface area (Å²) in [6, 6.07) is 22.1. The van der Waals surface area contributed by atoms with Crippen LogP contribution in [0.3, 0.4) is 0 Å². The normalized spacial score (nSPS) is 17.4. The number of nitrogens with one attached hydrogen (secondary N) is 1. The van der Waals surface area contributed by atoms with Gasteiger partial charge in [0.25, 0.3) is 5.91 Å². The van der Waals surface area contributed by atoms with E-state index in [1.54, 1.807) is 6.07 Å². The smallest absolute Gasteiger partial charge is 0.255 e. The first-order valence-corrected chi connectivity index (χ1v) is 9.27. The van der Waals surface area contributed by atoms with E-state index in [1.807, 2.05) is 43.3 Å². The van der Waals surface area contributed by atoms with Crippen LogP contribution in [0.25, 0.3) is 11.8 Å². The lowest BCUT2D eigenvalue weighted by Crippen LogP contribution is -2.47. The lowest BCUT2D eigenvalue weighted by atomic mass is 9.91. The number of aryl methyl sites for hydroxylation is 1. The highest BCUT2D eigenvalue weighted by Crippen LogP contribution is 2.46. The summed E-state index contributed by atoms with van der Waals surface area (Å²) in [4.78, 5) is 15.1. The number of anilines is 1. The zero-order valence-electron chi connectivity index (χ0n) is 14.7. The van der Waals surface area contributed by atoms with E-state index in [0.29, 0.717) is 10.6 Å². The van der Waals surface area contributed by atoms with E-state index in [2.05, 4.69) is 40.6 Å². The minimum atomic E-state index is -0.249. The minimum Gasteiger partial charge on any atom is -0.327 e. The lowest BCUT2D eigenvalue weighted by Gasteiger charge is -2.44. The van der Waals surface area contributed by atoms with Gasteiger partial charge in [0.2, 0.25) is 0 Å². The lowest BCUT2D eigenvalue weighted by molar-refractivity contribution is 0.0929. The zero-order valence-corrected chi connectivity index (χ0v) is 15.5. The third-order valence-corrected chi connectivity index (χ3v) is 5.41. The van der Waals surface area contributed by atoms with Gasteiger partial charge in [-0.2, -0.15) is 0 Å². The highest BCUT2D eigenvalue weighted by atomic mass is 35.5. The van der Waals surface area contributed by atoms with Gasteiger partial charge in [-0.15, -0.1) is 0 Å². The Bertz CT molecular complexity index is 1100. The van der Waals surface area contributed by atoms with Crippen molar-refractivity contribution in [3.63, 3.8) is 0 Å². The van der Waals surface area contributed by atoms with Gasteiger partial charge in [-0.05, 0) is 41.8 Å². The van der Waals surface area contributed by atoms with Crippen LogP contribution in [0.5, 0.6) is 0 Å². The molecular weight excluding hydrogens is 356 g/mol. The average Bonchev–Trinajstić information content (AvgIpc) is 2.68. The maximum Gasteiger partial charge on any atom is 0.255 e. The SMILES string of the molecule is Cc1cc(Cl)cc2c1N1C(c3ccccc3)=Cc3ccccc3[C@H]1NC2=O. The van der Waals surface area contributed by atoms with E-state index in [0.717, 1.165) is 33.6 Å². The van der Waals surface area contributed by atoms with E-state index in [9.17, 15) is 4.79 Å². The molecule has 2 aliphatic rings. The molecule has 0 unspecified atom stereocenters. The van der Waals surface area contributed by atoms with Gasteiger partial charge in [0, 0.05) is 10.6 Å². The van der Waals surface area contributed by atoms with Crippen molar-refractivity contribution in [2.75, 3.05) is 4.90 Å². The number of carbonyl (C=O) groups excluding carboxylic acids is 1. The molecule has 2 heterocycles. The fourth-order valence-corrected chi connectivity index (χ4v) is 4.31. The molecule has 0 fully saturated rings. The molecule has 1 N–H and O–H groups in total. The van der Waals surface area contributed by atoms with E-state index in [1.165, 1.54) is 0 Å². The largest absolute Gasteiger partial charge is 0.327 e. The molecule has 132 valence electrons. The summed E-state index contributed by atoms with van der Waals surface area (Å²) in [7, 11) is 0. The van der Waals surface area contributed by atoms with Crippen LogP contribution in [0.4, 0.5) is 5.69 Å². The number of carbonyl (C=O) groups is 1. The van der Waals surface area contributed by atoms with Crippen molar-refractivity contribution < 1.29 is 4.79 Å². The Balaban J connectivity index is 1.82. The van der Waals surface area contributed by atoms with E-state index >= 15 is 0 Å². The van der Waals surface area contributed by atoms with Crippen LogP contribution >= 0.6 is 11.6 Å². The molecular formula is C23H17ClN2O. The van der Waals surface area contributed by atoms with Gasteiger partial charge in [0.05, 0.1) is 16.9 Å². The molecule has 4 heteroatoms. The first-order valence-electron chi connectivity index (χ1n) is 8.90. The van der Waals surface area contributed by atoms with Gasteiger partial charge in [-0.3, -0.25) is 4.79 Å². The molecule has 27 heavy (non-hydrogen) atoms. The molecule has 0 aliphatic carbocycles. The Hall–Kier alpha value is -3.04. The number of amides is 1. The van der Waals surface area contributed by atoms with Crippen molar-refractivity contribution in [2.45, 2.75) is 13.1 Å². The maximum atomic E-state index is 12.9. The number of benzene rings is 3. The van der Waals surface area contributed by atoms with E-state index in [-0.39, 0.29) is 12.1 Å². The molecule has 0 saturated carbocycles. The van der Waals surface area contributed by atoms with Crippen molar-refractivity contribution in [2.24, 2.45) is 0 Å². The van der Waals surface area contributed by atoms with Gasteiger partial charge in [0.15, 0.2) is 0 Å². The highest BCUT2D eigenvalue weighted by molar-refractivity contribution is 6.31. The first kappa shape index (κ1) is 16.2. The average molecular weight is 373 g/mol. The molecule has 0 saturated heterocycles.